The Labute approximate surface area is 132 Å². The summed E-state index contributed by atoms with van der Waals surface area (Å²) in [4.78, 5) is 24.2. The van der Waals surface area contributed by atoms with Gasteiger partial charge in [0.1, 0.15) is 17.1 Å². The van der Waals surface area contributed by atoms with Gasteiger partial charge in [0.25, 0.3) is 5.91 Å². The number of esters is 1. The van der Waals surface area contributed by atoms with Gasteiger partial charge in [-0.1, -0.05) is 12.1 Å². The van der Waals surface area contributed by atoms with E-state index in [4.69, 9.17) is 9.26 Å². The summed E-state index contributed by atoms with van der Waals surface area (Å²) in [6, 6.07) is 5.28. The van der Waals surface area contributed by atoms with Crippen LogP contribution in [0.15, 0.2) is 28.8 Å². The average Bonchev–Trinajstić information content (AvgIpc) is 2.90. The zero-order valence-electron chi connectivity index (χ0n) is 13.1. The van der Waals surface area contributed by atoms with Crippen LogP contribution in [0.4, 0.5) is 10.1 Å². The highest BCUT2D eigenvalue weighted by Gasteiger charge is 2.25. The van der Waals surface area contributed by atoms with E-state index in [9.17, 15) is 14.0 Å². The topological polar surface area (TPSA) is 81.4 Å². The number of nitrogens with zero attached hydrogens (tertiary/aromatic N) is 1. The van der Waals surface area contributed by atoms with E-state index >= 15 is 0 Å². The van der Waals surface area contributed by atoms with Crippen LogP contribution in [0, 0.1) is 12.7 Å². The summed E-state index contributed by atoms with van der Waals surface area (Å²) in [5.41, 5.74) is 1.14. The first-order chi connectivity index (χ1) is 10.9. The van der Waals surface area contributed by atoms with Crippen LogP contribution in [0.25, 0.3) is 0 Å². The molecule has 2 aromatic rings. The first-order valence-corrected chi connectivity index (χ1v) is 7.15. The zero-order valence-corrected chi connectivity index (χ0v) is 13.1. The fraction of sp³-hybridized carbons (Fsp3) is 0.312. The van der Waals surface area contributed by atoms with Gasteiger partial charge in [-0.25, -0.2) is 9.18 Å². The van der Waals surface area contributed by atoms with E-state index in [0.717, 1.165) is 0 Å². The van der Waals surface area contributed by atoms with E-state index in [1.54, 1.807) is 6.92 Å². The number of aryl methyl sites for hydroxylation is 2. The van der Waals surface area contributed by atoms with E-state index in [1.165, 1.54) is 31.2 Å². The smallest absolute Gasteiger partial charge is 0.344 e. The van der Waals surface area contributed by atoms with Crippen molar-refractivity contribution in [2.24, 2.45) is 0 Å². The van der Waals surface area contributed by atoms with Crippen LogP contribution in [-0.2, 0) is 16.0 Å². The molecule has 23 heavy (non-hydrogen) atoms. The number of rotatable bonds is 5. The molecule has 0 fully saturated rings. The molecular weight excluding hydrogens is 303 g/mol. The van der Waals surface area contributed by atoms with Crippen molar-refractivity contribution in [3.63, 3.8) is 0 Å². The summed E-state index contributed by atoms with van der Waals surface area (Å²) < 4.78 is 22.9. The van der Waals surface area contributed by atoms with Crippen LogP contribution in [0.5, 0.6) is 0 Å². The molecule has 0 saturated heterocycles. The molecule has 2 rings (SSSR count). The number of aromatic nitrogens is 1. The van der Waals surface area contributed by atoms with Crippen molar-refractivity contribution < 1.29 is 23.2 Å². The number of anilines is 1. The second kappa shape index (κ2) is 7.04. The summed E-state index contributed by atoms with van der Waals surface area (Å²) in [5, 5.41) is 6.31. The highest BCUT2D eigenvalue weighted by molar-refractivity contribution is 5.98. The maximum atomic E-state index is 12.8. The zero-order chi connectivity index (χ0) is 17.0. The largest absolute Gasteiger partial charge is 0.449 e. The molecule has 0 aliphatic heterocycles. The van der Waals surface area contributed by atoms with Crippen LogP contribution in [0.2, 0.25) is 0 Å². The summed E-state index contributed by atoms with van der Waals surface area (Å²) in [7, 11) is 0. The average molecular weight is 320 g/mol. The molecule has 6 nitrogen and oxygen atoms in total. The Morgan fingerprint density at radius 2 is 2.00 bits per heavy atom. The minimum atomic E-state index is -1.02. The minimum absolute atomic E-state index is 0.244. The van der Waals surface area contributed by atoms with Gasteiger partial charge in [0.2, 0.25) is 0 Å². The third-order valence-corrected chi connectivity index (χ3v) is 3.24. The van der Waals surface area contributed by atoms with E-state index < -0.39 is 23.8 Å². The lowest BCUT2D eigenvalue weighted by Crippen LogP contribution is -2.30. The third-order valence-electron chi connectivity index (χ3n) is 3.24. The second-order valence-electron chi connectivity index (χ2n) is 4.96. The number of amides is 1. The van der Waals surface area contributed by atoms with Gasteiger partial charge in [-0.15, -0.1) is 0 Å². The molecule has 0 saturated carbocycles. The van der Waals surface area contributed by atoms with Crippen molar-refractivity contribution in [3.05, 3.63) is 47.1 Å². The van der Waals surface area contributed by atoms with Crippen molar-refractivity contribution in [1.82, 2.24) is 5.16 Å². The Balaban J connectivity index is 2.01. The van der Waals surface area contributed by atoms with Gasteiger partial charge < -0.3 is 14.6 Å². The van der Waals surface area contributed by atoms with Crippen LogP contribution < -0.4 is 5.32 Å². The minimum Gasteiger partial charge on any atom is -0.449 e. The molecule has 122 valence electrons. The normalized spacial score (nSPS) is 11.8. The molecule has 1 atom stereocenters. The molecule has 1 N–H and O–H groups in total. The van der Waals surface area contributed by atoms with Gasteiger partial charge in [-0.2, -0.15) is 0 Å². The van der Waals surface area contributed by atoms with Crippen LogP contribution in [0.3, 0.4) is 0 Å². The van der Waals surface area contributed by atoms with E-state index in [1.807, 2.05) is 6.92 Å². The highest BCUT2D eigenvalue weighted by Crippen LogP contribution is 2.16. The fourth-order valence-corrected chi connectivity index (χ4v) is 1.97. The second-order valence-corrected chi connectivity index (χ2v) is 4.96. The highest BCUT2D eigenvalue weighted by atomic mass is 19.1. The maximum absolute atomic E-state index is 12.8. The first kappa shape index (κ1) is 16.7. The molecule has 1 heterocycles. The summed E-state index contributed by atoms with van der Waals surface area (Å²) in [6.07, 6.45) is -0.510. The van der Waals surface area contributed by atoms with Crippen molar-refractivity contribution in [2.75, 3.05) is 5.32 Å². The Morgan fingerprint density at radius 1 is 1.35 bits per heavy atom. The standard InChI is InChI=1S/C16H17FN2O4/c1-4-13-14(9(2)23-19-13)16(21)22-10(3)15(20)18-12-7-5-11(17)6-8-12/h5-8,10H,4H2,1-3H3,(H,18,20). The molecule has 1 aromatic carbocycles. The predicted octanol–water partition coefficient (Wildman–Crippen LogP) is 2.87. The summed E-state index contributed by atoms with van der Waals surface area (Å²) in [6.45, 7) is 4.88. The Kier molecular flexibility index (Phi) is 5.10. The van der Waals surface area contributed by atoms with Gasteiger partial charge >= 0.3 is 5.97 Å². The SMILES string of the molecule is CCc1noc(C)c1C(=O)OC(C)C(=O)Nc1ccc(F)cc1. The van der Waals surface area contributed by atoms with Crippen molar-refractivity contribution >= 4 is 17.6 Å². The molecule has 1 amide bonds. The molecular formula is C16H17FN2O4. The number of carbonyl (C=O) groups is 2. The monoisotopic (exact) mass is 320 g/mol. The van der Waals surface area contributed by atoms with Gasteiger partial charge in [-0.05, 0) is 44.5 Å². The third kappa shape index (κ3) is 3.94. The number of ether oxygens (including phenoxy) is 1. The lowest BCUT2D eigenvalue weighted by Gasteiger charge is -2.13. The molecule has 0 radical (unpaired) electrons. The fourth-order valence-electron chi connectivity index (χ4n) is 1.97. The number of benzene rings is 1. The van der Waals surface area contributed by atoms with Crippen LogP contribution in [-0.4, -0.2) is 23.1 Å². The maximum Gasteiger partial charge on any atom is 0.344 e. The Hall–Kier alpha value is -2.70. The molecule has 0 aliphatic rings. The summed E-state index contributed by atoms with van der Waals surface area (Å²) in [5.74, 6) is -1.24. The van der Waals surface area contributed by atoms with Crippen LogP contribution in [0.1, 0.15) is 35.7 Å². The molecule has 0 bridgehead atoms. The molecule has 0 spiro atoms. The van der Waals surface area contributed by atoms with Gasteiger partial charge in [0, 0.05) is 5.69 Å². The number of carbonyl (C=O) groups excluding carboxylic acids is 2. The lowest BCUT2D eigenvalue weighted by atomic mass is 10.1. The van der Waals surface area contributed by atoms with Gasteiger partial charge in [0.05, 0.1) is 5.69 Å². The van der Waals surface area contributed by atoms with Crippen molar-refractivity contribution in [3.8, 4) is 0 Å². The van der Waals surface area contributed by atoms with E-state index in [-0.39, 0.29) is 5.56 Å². The number of halogens is 1. The summed E-state index contributed by atoms with van der Waals surface area (Å²) >= 11 is 0. The number of hydrogen-bond donors (Lipinski definition) is 1. The predicted molar refractivity (Wildman–Crippen MR) is 80.5 cm³/mol. The van der Waals surface area contributed by atoms with Crippen LogP contribution >= 0.6 is 0 Å². The molecule has 1 unspecified atom stereocenters. The molecule has 0 aliphatic carbocycles. The number of hydrogen-bond acceptors (Lipinski definition) is 5. The Bertz CT molecular complexity index is 709. The quantitative estimate of drug-likeness (QED) is 0.857. The molecule has 1 aromatic heterocycles. The Morgan fingerprint density at radius 3 is 2.61 bits per heavy atom. The molecule has 7 heteroatoms. The van der Waals surface area contributed by atoms with Gasteiger partial charge in [0.15, 0.2) is 6.10 Å². The van der Waals surface area contributed by atoms with Crippen molar-refractivity contribution in [2.45, 2.75) is 33.3 Å². The lowest BCUT2D eigenvalue weighted by molar-refractivity contribution is -0.123. The van der Waals surface area contributed by atoms with E-state index in [0.29, 0.717) is 23.6 Å². The van der Waals surface area contributed by atoms with Crippen molar-refractivity contribution in [1.29, 1.82) is 0 Å². The van der Waals surface area contributed by atoms with E-state index in [2.05, 4.69) is 10.5 Å². The van der Waals surface area contributed by atoms with Gasteiger partial charge in [-0.3, -0.25) is 4.79 Å². The first-order valence-electron chi connectivity index (χ1n) is 7.15. The number of nitrogens with one attached hydrogen (secondary N) is 1.